The molecule has 2 N–H and O–H groups in total. The van der Waals surface area contributed by atoms with Crippen molar-refractivity contribution in [3.63, 3.8) is 0 Å². The number of rotatable bonds is 5. The van der Waals surface area contributed by atoms with E-state index in [4.69, 9.17) is 5.11 Å². The van der Waals surface area contributed by atoms with Gasteiger partial charge in [-0.1, -0.05) is 25.2 Å². The molecule has 1 aromatic heterocycles. The minimum absolute atomic E-state index is 0.0708. The Labute approximate surface area is 111 Å². The van der Waals surface area contributed by atoms with Crippen LogP contribution in [-0.2, 0) is 6.42 Å². The Kier molecular flexibility index (Phi) is 5.49. The van der Waals surface area contributed by atoms with Gasteiger partial charge in [0.25, 0.3) is 0 Å². The van der Waals surface area contributed by atoms with Crippen molar-refractivity contribution in [2.45, 2.75) is 33.2 Å². The Balaban J connectivity index is 2.57. The standard InChI is InChI=1S/C11H20N4O2S/c1-7(2)5-9-13-14-10(18-9)12-11(17)15(4)8(3)6-16/h7-8,16H,5-6H2,1-4H3,(H,12,14,17). The number of aliphatic hydroxyl groups is 1. The van der Waals surface area contributed by atoms with Crippen LogP contribution in [0.2, 0.25) is 0 Å². The molecule has 7 heteroatoms. The van der Waals surface area contributed by atoms with Crippen LogP contribution in [0.25, 0.3) is 0 Å². The molecule has 0 aromatic carbocycles. The number of hydrogen-bond acceptors (Lipinski definition) is 5. The molecule has 1 heterocycles. The lowest BCUT2D eigenvalue weighted by molar-refractivity contribution is 0.166. The molecule has 0 saturated heterocycles. The van der Waals surface area contributed by atoms with Gasteiger partial charge in [0, 0.05) is 13.5 Å². The molecule has 0 bridgehead atoms. The van der Waals surface area contributed by atoms with Crippen molar-refractivity contribution >= 4 is 22.5 Å². The lowest BCUT2D eigenvalue weighted by Crippen LogP contribution is -2.40. The monoisotopic (exact) mass is 272 g/mol. The highest BCUT2D eigenvalue weighted by molar-refractivity contribution is 7.15. The molecular weight excluding hydrogens is 252 g/mol. The number of likely N-dealkylation sites (N-methyl/N-ethyl adjacent to an activating group) is 1. The summed E-state index contributed by atoms with van der Waals surface area (Å²) in [6.45, 7) is 5.91. The second kappa shape index (κ2) is 6.65. The van der Waals surface area contributed by atoms with E-state index in [1.165, 1.54) is 16.2 Å². The number of urea groups is 1. The van der Waals surface area contributed by atoms with Gasteiger partial charge in [-0.2, -0.15) is 0 Å². The number of carbonyl (C=O) groups is 1. The number of anilines is 1. The Morgan fingerprint density at radius 3 is 2.67 bits per heavy atom. The van der Waals surface area contributed by atoms with Crippen LogP contribution in [0.5, 0.6) is 0 Å². The zero-order valence-corrected chi connectivity index (χ0v) is 12.0. The first kappa shape index (κ1) is 14.8. The van der Waals surface area contributed by atoms with Crippen LogP contribution in [0.1, 0.15) is 25.8 Å². The number of aromatic nitrogens is 2. The molecule has 0 fully saturated rings. The predicted octanol–water partition coefficient (Wildman–Crippen LogP) is 1.58. The summed E-state index contributed by atoms with van der Waals surface area (Å²) in [4.78, 5) is 13.2. The maximum atomic E-state index is 11.8. The SMILES string of the molecule is CC(C)Cc1nnc(NC(=O)N(C)C(C)CO)s1. The summed E-state index contributed by atoms with van der Waals surface area (Å²) >= 11 is 1.38. The van der Waals surface area contributed by atoms with Gasteiger partial charge in [-0.25, -0.2) is 4.79 Å². The average molecular weight is 272 g/mol. The first-order valence-corrected chi connectivity index (χ1v) is 6.72. The molecule has 0 radical (unpaired) electrons. The zero-order chi connectivity index (χ0) is 13.7. The summed E-state index contributed by atoms with van der Waals surface area (Å²) in [6, 6.07) is -0.517. The largest absolute Gasteiger partial charge is 0.394 e. The second-order valence-electron chi connectivity index (χ2n) is 4.67. The number of aliphatic hydroxyl groups excluding tert-OH is 1. The highest BCUT2D eigenvalue weighted by atomic mass is 32.1. The molecule has 1 unspecified atom stereocenters. The summed E-state index contributed by atoms with van der Waals surface area (Å²) in [5, 5.41) is 21.0. The highest BCUT2D eigenvalue weighted by Crippen LogP contribution is 2.18. The quantitative estimate of drug-likeness (QED) is 0.853. The topological polar surface area (TPSA) is 78.4 Å². The molecule has 1 atom stereocenters. The fourth-order valence-corrected chi connectivity index (χ4v) is 2.18. The Morgan fingerprint density at radius 2 is 2.11 bits per heavy atom. The van der Waals surface area contributed by atoms with Gasteiger partial charge in [-0.3, -0.25) is 5.32 Å². The average Bonchev–Trinajstić information content (AvgIpc) is 2.73. The first-order valence-electron chi connectivity index (χ1n) is 5.91. The summed E-state index contributed by atoms with van der Waals surface area (Å²) in [6.07, 6.45) is 0.858. The van der Waals surface area contributed by atoms with E-state index in [-0.39, 0.29) is 18.7 Å². The molecule has 0 aliphatic carbocycles. The van der Waals surface area contributed by atoms with E-state index in [1.54, 1.807) is 14.0 Å². The van der Waals surface area contributed by atoms with Crippen molar-refractivity contribution in [2.75, 3.05) is 19.0 Å². The molecule has 0 aliphatic rings. The van der Waals surface area contributed by atoms with Gasteiger partial charge in [-0.15, -0.1) is 10.2 Å². The summed E-state index contributed by atoms with van der Waals surface area (Å²) < 4.78 is 0. The number of amides is 2. The van der Waals surface area contributed by atoms with Crippen LogP contribution in [0, 0.1) is 5.92 Å². The highest BCUT2D eigenvalue weighted by Gasteiger charge is 2.16. The number of nitrogens with zero attached hydrogens (tertiary/aromatic N) is 3. The van der Waals surface area contributed by atoms with Crippen molar-refractivity contribution in [1.82, 2.24) is 15.1 Å². The van der Waals surface area contributed by atoms with Gasteiger partial charge in [0.1, 0.15) is 5.01 Å². The van der Waals surface area contributed by atoms with Crippen LogP contribution >= 0.6 is 11.3 Å². The number of nitrogens with one attached hydrogen (secondary N) is 1. The fourth-order valence-electron chi connectivity index (χ4n) is 1.24. The maximum absolute atomic E-state index is 11.8. The minimum atomic E-state index is -0.288. The van der Waals surface area contributed by atoms with Gasteiger partial charge in [0.05, 0.1) is 12.6 Å². The molecule has 0 saturated carbocycles. The van der Waals surface area contributed by atoms with E-state index in [9.17, 15) is 4.79 Å². The Morgan fingerprint density at radius 1 is 1.44 bits per heavy atom. The van der Waals surface area contributed by atoms with Crippen LogP contribution in [-0.4, -0.2) is 45.9 Å². The summed E-state index contributed by atoms with van der Waals surface area (Å²) in [7, 11) is 1.63. The van der Waals surface area contributed by atoms with Crippen LogP contribution < -0.4 is 5.32 Å². The third-order valence-corrected chi connectivity index (χ3v) is 3.37. The van der Waals surface area contributed by atoms with Gasteiger partial charge in [0.2, 0.25) is 5.13 Å². The van der Waals surface area contributed by atoms with E-state index < -0.39 is 0 Å². The molecule has 2 amide bonds. The lowest BCUT2D eigenvalue weighted by Gasteiger charge is -2.22. The van der Waals surface area contributed by atoms with E-state index in [1.807, 2.05) is 0 Å². The molecule has 1 aromatic rings. The maximum Gasteiger partial charge on any atom is 0.323 e. The van der Waals surface area contributed by atoms with Gasteiger partial charge in [-0.05, 0) is 12.8 Å². The molecule has 0 spiro atoms. The van der Waals surface area contributed by atoms with E-state index in [2.05, 4.69) is 29.4 Å². The van der Waals surface area contributed by atoms with Crippen LogP contribution in [0.15, 0.2) is 0 Å². The van der Waals surface area contributed by atoms with Gasteiger partial charge < -0.3 is 10.0 Å². The molecule has 0 aliphatic heterocycles. The van der Waals surface area contributed by atoms with E-state index >= 15 is 0 Å². The fraction of sp³-hybridized carbons (Fsp3) is 0.727. The number of carbonyl (C=O) groups excluding carboxylic acids is 1. The zero-order valence-electron chi connectivity index (χ0n) is 11.2. The number of hydrogen-bond donors (Lipinski definition) is 2. The van der Waals surface area contributed by atoms with Crippen LogP contribution in [0.3, 0.4) is 0 Å². The molecular formula is C11H20N4O2S. The van der Waals surface area contributed by atoms with Crippen molar-refractivity contribution in [3.05, 3.63) is 5.01 Å². The third-order valence-electron chi connectivity index (χ3n) is 2.51. The molecule has 18 heavy (non-hydrogen) atoms. The van der Waals surface area contributed by atoms with Crippen molar-refractivity contribution in [3.8, 4) is 0 Å². The van der Waals surface area contributed by atoms with Gasteiger partial charge in [0.15, 0.2) is 0 Å². The predicted molar refractivity (Wildman–Crippen MR) is 71.8 cm³/mol. The van der Waals surface area contributed by atoms with Crippen molar-refractivity contribution < 1.29 is 9.90 Å². The second-order valence-corrected chi connectivity index (χ2v) is 5.73. The molecule has 6 nitrogen and oxygen atoms in total. The van der Waals surface area contributed by atoms with Crippen molar-refractivity contribution in [2.24, 2.45) is 5.92 Å². The van der Waals surface area contributed by atoms with E-state index in [0.29, 0.717) is 11.0 Å². The Hall–Kier alpha value is -1.21. The normalized spacial score (nSPS) is 12.6. The van der Waals surface area contributed by atoms with Crippen LogP contribution in [0.4, 0.5) is 9.93 Å². The Bertz CT molecular complexity index is 394. The first-order chi connectivity index (χ1) is 8.43. The molecule has 102 valence electrons. The van der Waals surface area contributed by atoms with Gasteiger partial charge >= 0.3 is 6.03 Å². The minimum Gasteiger partial charge on any atom is -0.394 e. The third kappa shape index (κ3) is 4.23. The summed E-state index contributed by atoms with van der Waals surface area (Å²) in [5.41, 5.74) is 0. The lowest BCUT2D eigenvalue weighted by atomic mass is 10.1. The smallest absolute Gasteiger partial charge is 0.323 e. The molecule has 1 rings (SSSR count). The van der Waals surface area contributed by atoms with E-state index in [0.717, 1.165) is 11.4 Å². The van der Waals surface area contributed by atoms with Crippen molar-refractivity contribution in [1.29, 1.82) is 0 Å². The summed E-state index contributed by atoms with van der Waals surface area (Å²) in [5.74, 6) is 0.513.